The highest BCUT2D eigenvalue weighted by molar-refractivity contribution is 5.94. The minimum Gasteiger partial charge on any atom is -0.478 e. The maximum Gasteiger partial charge on any atom is 0.340 e. The van der Waals surface area contributed by atoms with Gasteiger partial charge < -0.3 is 10.4 Å². The van der Waals surface area contributed by atoms with Gasteiger partial charge in [-0.25, -0.2) is 9.18 Å². The van der Waals surface area contributed by atoms with E-state index in [1.54, 1.807) is 6.07 Å². The van der Waals surface area contributed by atoms with Crippen LogP contribution in [0.4, 0.5) is 10.1 Å². The Bertz CT molecular complexity index is 599. The van der Waals surface area contributed by atoms with Crippen molar-refractivity contribution in [3.05, 3.63) is 65.5 Å². The minimum absolute atomic E-state index is 0.00250. The maximum absolute atomic E-state index is 13.6. The second-order valence-electron chi connectivity index (χ2n) is 4.70. The highest BCUT2D eigenvalue weighted by Crippen LogP contribution is 2.20. The van der Waals surface area contributed by atoms with Crippen molar-refractivity contribution in [1.82, 2.24) is 0 Å². The van der Waals surface area contributed by atoms with E-state index in [2.05, 4.69) is 5.32 Å². The molecule has 0 fully saturated rings. The van der Waals surface area contributed by atoms with E-state index in [4.69, 9.17) is 5.11 Å². The lowest BCUT2D eigenvalue weighted by molar-refractivity contribution is 0.0693. The SMILES string of the molecule is CC(Cc1ccccc1)Nc1cccc(F)c1C(=O)O. The van der Waals surface area contributed by atoms with Gasteiger partial charge in [-0.1, -0.05) is 36.4 Å². The molecule has 1 atom stereocenters. The molecule has 0 radical (unpaired) electrons. The van der Waals surface area contributed by atoms with Crippen LogP contribution in [0.3, 0.4) is 0 Å². The van der Waals surface area contributed by atoms with Crippen molar-refractivity contribution in [2.45, 2.75) is 19.4 Å². The Morgan fingerprint density at radius 2 is 1.90 bits per heavy atom. The van der Waals surface area contributed by atoms with Crippen molar-refractivity contribution in [2.75, 3.05) is 5.32 Å². The van der Waals surface area contributed by atoms with Crippen LogP contribution in [-0.4, -0.2) is 17.1 Å². The standard InChI is InChI=1S/C16H16FNO2/c1-11(10-12-6-3-2-4-7-12)18-14-9-5-8-13(17)15(14)16(19)20/h2-9,11,18H,10H2,1H3,(H,19,20). The molecule has 0 spiro atoms. The molecular formula is C16H16FNO2. The zero-order valence-electron chi connectivity index (χ0n) is 11.1. The first-order chi connectivity index (χ1) is 9.58. The Hall–Kier alpha value is -2.36. The number of halogens is 1. The lowest BCUT2D eigenvalue weighted by Gasteiger charge is -2.17. The lowest BCUT2D eigenvalue weighted by Crippen LogP contribution is -2.20. The van der Waals surface area contributed by atoms with Crippen LogP contribution in [0.25, 0.3) is 0 Å². The summed E-state index contributed by atoms with van der Waals surface area (Å²) in [5, 5.41) is 12.1. The number of aromatic carboxylic acids is 1. The van der Waals surface area contributed by atoms with Crippen molar-refractivity contribution in [1.29, 1.82) is 0 Å². The molecule has 0 aromatic heterocycles. The zero-order valence-corrected chi connectivity index (χ0v) is 11.1. The number of carbonyl (C=O) groups is 1. The molecule has 0 amide bonds. The quantitative estimate of drug-likeness (QED) is 0.875. The van der Waals surface area contributed by atoms with Crippen LogP contribution in [0.1, 0.15) is 22.8 Å². The van der Waals surface area contributed by atoms with Gasteiger partial charge >= 0.3 is 5.97 Å². The van der Waals surface area contributed by atoms with E-state index in [9.17, 15) is 9.18 Å². The fourth-order valence-electron chi connectivity index (χ4n) is 2.15. The molecular weight excluding hydrogens is 257 g/mol. The molecule has 3 nitrogen and oxygen atoms in total. The van der Waals surface area contributed by atoms with Crippen LogP contribution in [0.2, 0.25) is 0 Å². The van der Waals surface area contributed by atoms with E-state index in [1.807, 2.05) is 37.3 Å². The first-order valence-electron chi connectivity index (χ1n) is 6.40. The van der Waals surface area contributed by atoms with Crippen molar-refractivity contribution in [3.63, 3.8) is 0 Å². The van der Waals surface area contributed by atoms with Crippen molar-refractivity contribution >= 4 is 11.7 Å². The van der Waals surface area contributed by atoms with Gasteiger partial charge in [0.05, 0.1) is 5.69 Å². The van der Waals surface area contributed by atoms with Crippen LogP contribution in [0, 0.1) is 5.82 Å². The number of benzene rings is 2. The predicted molar refractivity (Wildman–Crippen MR) is 76.6 cm³/mol. The zero-order chi connectivity index (χ0) is 14.5. The van der Waals surface area contributed by atoms with Gasteiger partial charge in [0, 0.05) is 6.04 Å². The second kappa shape index (κ2) is 6.19. The molecule has 0 saturated heterocycles. The highest BCUT2D eigenvalue weighted by atomic mass is 19.1. The van der Waals surface area contributed by atoms with E-state index in [1.165, 1.54) is 6.07 Å². The summed E-state index contributed by atoms with van der Waals surface area (Å²) in [7, 11) is 0. The van der Waals surface area contributed by atoms with Gasteiger partial charge in [0.15, 0.2) is 0 Å². The molecule has 0 saturated carbocycles. The fourth-order valence-corrected chi connectivity index (χ4v) is 2.15. The fraction of sp³-hybridized carbons (Fsp3) is 0.188. The Labute approximate surface area is 117 Å². The lowest BCUT2D eigenvalue weighted by atomic mass is 10.1. The normalized spacial score (nSPS) is 11.9. The summed E-state index contributed by atoms with van der Waals surface area (Å²) in [5.74, 6) is -1.99. The van der Waals surface area contributed by atoms with E-state index in [-0.39, 0.29) is 11.6 Å². The van der Waals surface area contributed by atoms with Gasteiger partial charge in [0.1, 0.15) is 11.4 Å². The van der Waals surface area contributed by atoms with Crippen molar-refractivity contribution < 1.29 is 14.3 Å². The van der Waals surface area contributed by atoms with Gasteiger partial charge in [0.25, 0.3) is 0 Å². The largest absolute Gasteiger partial charge is 0.478 e. The molecule has 20 heavy (non-hydrogen) atoms. The molecule has 2 rings (SSSR count). The summed E-state index contributed by atoms with van der Waals surface area (Å²) in [5.41, 5.74) is 1.13. The maximum atomic E-state index is 13.6. The summed E-state index contributed by atoms with van der Waals surface area (Å²) >= 11 is 0. The molecule has 0 aliphatic carbocycles. The Morgan fingerprint density at radius 1 is 1.20 bits per heavy atom. The average Bonchev–Trinajstić information content (AvgIpc) is 2.39. The van der Waals surface area contributed by atoms with E-state index >= 15 is 0 Å². The summed E-state index contributed by atoms with van der Waals surface area (Å²) in [6.45, 7) is 1.93. The highest BCUT2D eigenvalue weighted by Gasteiger charge is 2.16. The van der Waals surface area contributed by atoms with Crippen LogP contribution in [0.5, 0.6) is 0 Å². The third kappa shape index (κ3) is 3.35. The Balaban J connectivity index is 2.14. The number of anilines is 1. The van der Waals surface area contributed by atoms with Crippen molar-refractivity contribution in [2.24, 2.45) is 0 Å². The summed E-state index contributed by atoms with van der Waals surface area (Å²) in [6, 6.07) is 14.1. The topological polar surface area (TPSA) is 49.3 Å². The molecule has 0 bridgehead atoms. The number of hydrogen-bond acceptors (Lipinski definition) is 2. The van der Waals surface area contributed by atoms with E-state index < -0.39 is 11.8 Å². The van der Waals surface area contributed by atoms with Gasteiger partial charge in [-0.15, -0.1) is 0 Å². The molecule has 0 aliphatic heterocycles. The molecule has 2 aromatic rings. The van der Waals surface area contributed by atoms with Gasteiger partial charge in [-0.3, -0.25) is 0 Å². The van der Waals surface area contributed by atoms with E-state index in [0.717, 1.165) is 18.1 Å². The number of nitrogens with one attached hydrogen (secondary N) is 1. The number of carboxylic acid groups (broad SMARTS) is 1. The predicted octanol–water partition coefficient (Wildman–Crippen LogP) is 3.57. The second-order valence-corrected chi connectivity index (χ2v) is 4.70. The Kier molecular flexibility index (Phi) is 4.35. The minimum atomic E-state index is -1.27. The molecule has 104 valence electrons. The average molecular weight is 273 g/mol. The molecule has 2 N–H and O–H groups in total. The van der Waals surface area contributed by atoms with Crippen molar-refractivity contribution in [3.8, 4) is 0 Å². The first kappa shape index (κ1) is 14.1. The van der Waals surface area contributed by atoms with E-state index in [0.29, 0.717) is 5.69 Å². The number of rotatable bonds is 5. The summed E-state index contributed by atoms with van der Waals surface area (Å²) in [6.07, 6.45) is 0.733. The Morgan fingerprint density at radius 3 is 2.55 bits per heavy atom. The van der Waals surface area contributed by atoms with Crippen LogP contribution >= 0.6 is 0 Å². The van der Waals surface area contributed by atoms with Gasteiger partial charge in [-0.05, 0) is 31.0 Å². The number of hydrogen-bond donors (Lipinski definition) is 2. The third-order valence-corrected chi connectivity index (χ3v) is 3.01. The molecule has 4 heteroatoms. The van der Waals surface area contributed by atoms with Crippen LogP contribution in [-0.2, 0) is 6.42 Å². The summed E-state index contributed by atoms with van der Waals surface area (Å²) < 4.78 is 13.6. The monoisotopic (exact) mass is 273 g/mol. The third-order valence-electron chi connectivity index (χ3n) is 3.01. The molecule has 0 heterocycles. The van der Waals surface area contributed by atoms with Crippen LogP contribution < -0.4 is 5.32 Å². The van der Waals surface area contributed by atoms with Crippen LogP contribution in [0.15, 0.2) is 48.5 Å². The molecule has 1 unspecified atom stereocenters. The van der Waals surface area contributed by atoms with Gasteiger partial charge in [-0.2, -0.15) is 0 Å². The molecule has 0 aliphatic rings. The first-order valence-corrected chi connectivity index (χ1v) is 6.40. The summed E-state index contributed by atoms with van der Waals surface area (Å²) in [4.78, 5) is 11.1. The number of carboxylic acids is 1. The van der Waals surface area contributed by atoms with Gasteiger partial charge in [0.2, 0.25) is 0 Å². The molecule has 2 aromatic carbocycles. The smallest absolute Gasteiger partial charge is 0.340 e.